The molecular weight excluding hydrogens is 241 g/mol. The van der Waals surface area contributed by atoms with E-state index in [4.69, 9.17) is 23.2 Å². The predicted octanol–water partition coefficient (Wildman–Crippen LogP) is 4.70. The molecule has 0 saturated carbocycles. The lowest BCUT2D eigenvalue weighted by atomic mass is 10.1. The molecule has 1 nitrogen and oxygen atoms in total. The zero-order chi connectivity index (χ0) is 11.5. The van der Waals surface area contributed by atoms with Gasteiger partial charge in [0.1, 0.15) is 0 Å². The summed E-state index contributed by atoms with van der Waals surface area (Å²) in [5.74, 6) is 0. The van der Waals surface area contributed by atoms with Crippen molar-refractivity contribution < 1.29 is 0 Å². The highest BCUT2D eigenvalue weighted by Gasteiger charge is 2.04. The summed E-state index contributed by atoms with van der Waals surface area (Å²) in [7, 11) is 0. The molecule has 80 valence electrons. The Morgan fingerprint density at radius 2 is 1.94 bits per heavy atom. The molecule has 2 rings (SSSR count). The molecule has 0 aliphatic carbocycles. The molecule has 0 aliphatic heterocycles. The quantitative estimate of drug-likeness (QED) is 0.752. The molecule has 0 fully saturated rings. The van der Waals surface area contributed by atoms with Crippen LogP contribution in [0.3, 0.4) is 0 Å². The Morgan fingerprint density at radius 1 is 1.12 bits per heavy atom. The number of hydrogen-bond acceptors (Lipinski definition) is 1. The summed E-state index contributed by atoms with van der Waals surface area (Å²) in [5.41, 5.74) is 2.66. The van der Waals surface area contributed by atoms with Crippen molar-refractivity contribution >= 4 is 29.3 Å². The van der Waals surface area contributed by atoms with E-state index < -0.39 is 0 Å². The van der Waals surface area contributed by atoms with E-state index in [1.165, 1.54) is 0 Å². The average molecular weight is 250 g/mol. The first-order valence-electron chi connectivity index (χ1n) is 4.74. The molecule has 3 heteroatoms. The van der Waals surface area contributed by atoms with E-state index in [0.717, 1.165) is 16.8 Å². The fourth-order valence-electron chi connectivity index (χ4n) is 1.40. The van der Waals surface area contributed by atoms with Gasteiger partial charge in [-0.15, -0.1) is 0 Å². The lowest BCUT2D eigenvalue weighted by Crippen LogP contribution is -1.84. The van der Waals surface area contributed by atoms with Crippen molar-refractivity contribution in [1.82, 2.24) is 4.98 Å². The van der Waals surface area contributed by atoms with Gasteiger partial charge in [0.25, 0.3) is 0 Å². The molecule has 0 atom stereocenters. The Labute approximate surface area is 104 Å². The van der Waals surface area contributed by atoms with Crippen molar-refractivity contribution in [2.75, 3.05) is 0 Å². The van der Waals surface area contributed by atoms with Crippen LogP contribution in [0.2, 0.25) is 10.0 Å². The highest BCUT2D eigenvalue weighted by Crippen LogP contribution is 2.30. The van der Waals surface area contributed by atoms with Crippen molar-refractivity contribution in [3.05, 3.63) is 58.8 Å². The van der Waals surface area contributed by atoms with Gasteiger partial charge in [-0.05, 0) is 30.3 Å². The molecule has 0 saturated heterocycles. The van der Waals surface area contributed by atoms with Gasteiger partial charge < -0.3 is 0 Å². The highest BCUT2D eigenvalue weighted by atomic mass is 35.5. The number of hydrogen-bond donors (Lipinski definition) is 0. The van der Waals surface area contributed by atoms with Gasteiger partial charge in [-0.1, -0.05) is 35.8 Å². The average Bonchev–Trinajstić information content (AvgIpc) is 2.32. The van der Waals surface area contributed by atoms with Crippen molar-refractivity contribution in [3.8, 4) is 11.1 Å². The third-order valence-corrected chi connectivity index (χ3v) is 2.80. The van der Waals surface area contributed by atoms with Crippen LogP contribution in [0.1, 0.15) is 5.69 Å². The van der Waals surface area contributed by atoms with Crippen LogP contribution in [0, 0.1) is 0 Å². The van der Waals surface area contributed by atoms with E-state index >= 15 is 0 Å². The van der Waals surface area contributed by atoms with E-state index in [1.54, 1.807) is 24.4 Å². The number of pyridine rings is 1. The number of halogens is 2. The van der Waals surface area contributed by atoms with E-state index in [-0.39, 0.29) is 0 Å². The highest BCUT2D eigenvalue weighted by molar-refractivity contribution is 6.35. The molecule has 1 aromatic heterocycles. The topological polar surface area (TPSA) is 12.9 Å². The first-order chi connectivity index (χ1) is 7.70. The molecule has 16 heavy (non-hydrogen) atoms. The minimum atomic E-state index is 0.659. The fourth-order valence-corrected chi connectivity index (χ4v) is 1.80. The lowest BCUT2D eigenvalue weighted by Gasteiger charge is -2.05. The maximum atomic E-state index is 6.10. The second kappa shape index (κ2) is 4.69. The van der Waals surface area contributed by atoms with Crippen LogP contribution in [0.5, 0.6) is 0 Å². The Balaban J connectivity index is 2.49. The molecule has 2 aromatic rings. The van der Waals surface area contributed by atoms with Crippen LogP contribution in [-0.4, -0.2) is 4.98 Å². The van der Waals surface area contributed by atoms with Gasteiger partial charge in [-0.2, -0.15) is 0 Å². The van der Waals surface area contributed by atoms with Gasteiger partial charge >= 0.3 is 0 Å². The van der Waals surface area contributed by atoms with Crippen LogP contribution < -0.4 is 0 Å². The standard InChI is InChI=1S/C13H9Cl2N/c1-2-11-5-3-9(8-16-11)12-7-10(14)4-6-13(12)15/h2-8H,1H2. The molecule has 0 bridgehead atoms. The summed E-state index contributed by atoms with van der Waals surface area (Å²) >= 11 is 12.0. The van der Waals surface area contributed by atoms with Crippen molar-refractivity contribution in [1.29, 1.82) is 0 Å². The minimum absolute atomic E-state index is 0.659. The van der Waals surface area contributed by atoms with Crippen molar-refractivity contribution in [3.63, 3.8) is 0 Å². The van der Waals surface area contributed by atoms with E-state index in [0.29, 0.717) is 10.0 Å². The second-order valence-electron chi connectivity index (χ2n) is 3.30. The molecule has 0 N–H and O–H groups in total. The predicted molar refractivity (Wildman–Crippen MR) is 69.8 cm³/mol. The van der Waals surface area contributed by atoms with Gasteiger partial charge in [0.2, 0.25) is 0 Å². The Hall–Kier alpha value is -1.31. The van der Waals surface area contributed by atoms with Crippen LogP contribution in [0.4, 0.5) is 0 Å². The molecule has 0 spiro atoms. The van der Waals surface area contributed by atoms with Crippen LogP contribution in [0.15, 0.2) is 43.1 Å². The smallest absolute Gasteiger partial charge is 0.0624 e. The molecule has 0 unspecified atom stereocenters. The minimum Gasteiger partial charge on any atom is -0.256 e. The Morgan fingerprint density at radius 3 is 2.56 bits per heavy atom. The number of nitrogens with zero attached hydrogens (tertiary/aromatic N) is 1. The summed E-state index contributed by atoms with van der Waals surface area (Å²) in [6.45, 7) is 3.66. The SMILES string of the molecule is C=Cc1ccc(-c2cc(Cl)ccc2Cl)cn1. The lowest BCUT2D eigenvalue weighted by molar-refractivity contribution is 1.30. The Kier molecular flexibility index (Phi) is 3.28. The van der Waals surface area contributed by atoms with Crippen LogP contribution in [0.25, 0.3) is 17.2 Å². The molecule has 0 amide bonds. The number of benzene rings is 1. The van der Waals surface area contributed by atoms with E-state index in [1.807, 2.05) is 18.2 Å². The zero-order valence-corrected chi connectivity index (χ0v) is 9.96. The Bertz CT molecular complexity index is 518. The van der Waals surface area contributed by atoms with E-state index in [9.17, 15) is 0 Å². The van der Waals surface area contributed by atoms with Gasteiger partial charge in [-0.3, -0.25) is 4.98 Å². The van der Waals surface area contributed by atoms with Crippen molar-refractivity contribution in [2.45, 2.75) is 0 Å². The summed E-state index contributed by atoms with van der Waals surface area (Å²) in [6, 6.07) is 9.20. The maximum absolute atomic E-state index is 6.10. The van der Waals surface area contributed by atoms with Crippen LogP contribution in [-0.2, 0) is 0 Å². The summed E-state index contributed by atoms with van der Waals surface area (Å²) < 4.78 is 0. The third-order valence-electron chi connectivity index (χ3n) is 2.23. The second-order valence-corrected chi connectivity index (χ2v) is 4.14. The summed E-state index contributed by atoms with van der Waals surface area (Å²) in [4.78, 5) is 4.22. The molecular formula is C13H9Cl2N. The van der Waals surface area contributed by atoms with Gasteiger partial charge in [0, 0.05) is 27.4 Å². The normalized spacial score (nSPS) is 10.1. The molecule has 0 radical (unpaired) electrons. The number of aromatic nitrogens is 1. The fraction of sp³-hybridized carbons (Fsp3) is 0. The molecule has 0 aliphatic rings. The molecule has 1 aromatic carbocycles. The largest absolute Gasteiger partial charge is 0.256 e. The molecule has 1 heterocycles. The first-order valence-corrected chi connectivity index (χ1v) is 5.50. The third kappa shape index (κ3) is 2.26. The maximum Gasteiger partial charge on any atom is 0.0624 e. The monoisotopic (exact) mass is 249 g/mol. The zero-order valence-electron chi connectivity index (χ0n) is 8.45. The van der Waals surface area contributed by atoms with Gasteiger partial charge in [0.05, 0.1) is 5.69 Å². The van der Waals surface area contributed by atoms with Crippen LogP contribution >= 0.6 is 23.2 Å². The number of rotatable bonds is 2. The summed E-state index contributed by atoms with van der Waals surface area (Å²) in [5, 5.41) is 1.32. The van der Waals surface area contributed by atoms with Gasteiger partial charge in [-0.25, -0.2) is 0 Å². The van der Waals surface area contributed by atoms with E-state index in [2.05, 4.69) is 11.6 Å². The van der Waals surface area contributed by atoms with Gasteiger partial charge in [0.15, 0.2) is 0 Å². The summed E-state index contributed by atoms with van der Waals surface area (Å²) in [6.07, 6.45) is 3.46. The van der Waals surface area contributed by atoms with Crippen molar-refractivity contribution in [2.24, 2.45) is 0 Å². The first kappa shape index (κ1) is 11.2.